The molecule has 94 valence electrons. The number of aromatic nitrogens is 1. The second-order valence-electron chi connectivity index (χ2n) is 4.24. The van der Waals surface area contributed by atoms with Crippen molar-refractivity contribution in [2.45, 2.75) is 6.92 Å². The Morgan fingerprint density at radius 2 is 1.89 bits per heavy atom. The second kappa shape index (κ2) is 4.91. The third-order valence-corrected chi connectivity index (χ3v) is 2.91. The third-order valence-electron chi connectivity index (χ3n) is 2.91. The Kier molecular flexibility index (Phi) is 3.30. The highest BCUT2D eigenvalue weighted by molar-refractivity contribution is 6.01. The number of carbonyl (C=O) groups excluding carboxylic acids is 1. The minimum atomic E-state index is -0.384. The molecule has 0 N–H and O–H groups in total. The molecule has 0 radical (unpaired) electrons. The van der Waals surface area contributed by atoms with E-state index in [4.69, 9.17) is 0 Å². The molecule has 4 heteroatoms. The first-order valence-corrected chi connectivity index (χ1v) is 5.76. The Morgan fingerprint density at radius 1 is 1.26 bits per heavy atom. The maximum Gasteiger partial charge on any atom is 0.261 e. The van der Waals surface area contributed by atoms with E-state index in [-0.39, 0.29) is 16.9 Å². The van der Waals surface area contributed by atoms with Crippen LogP contribution in [-0.4, -0.2) is 10.4 Å². The van der Waals surface area contributed by atoms with Crippen molar-refractivity contribution in [1.29, 1.82) is 5.26 Å². The van der Waals surface area contributed by atoms with E-state index in [1.54, 1.807) is 24.3 Å². The predicted octanol–water partition coefficient (Wildman–Crippen LogP) is 2.13. The highest BCUT2D eigenvalue weighted by Gasteiger charge is 2.19. The number of nitrogens with zero attached hydrogens (tertiary/aromatic N) is 2. The summed E-state index contributed by atoms with van der Waals surface area (Å²) in [4.78, 5) is 23.9. The summed E-state index contributed by atoms with van der Waals surface area (Å²) in [5, 5.41) is 9.22. The van der Waals surface area contributed by atoms with Gasteiger partial charge < -0.3 is 4.57 Å². The summed E-state index contributed by atoms with van der Waals surface area (Å²) in [6, 6.07) is 11.0. The molecule has 1 aromatic carbocycles. The number of hydrogen-bond acceptors (Lipinski definition) is 3. The Balaban J connectivity index is 2.94. The van der Waals surface area contributed by atoms with Crippen molar-refractivity contribution in [2.24, 2.45) is 7.05 Å². The molecule has 0 aliphatic heterocycles. The maximum absolute atomic E-state index is 12.1. The first kappa shape index (κ1) is 12.8. The van der Waals surface area contributed by atoms with Crippen LogP contribution >= 0.6 is 0 Å². The number of pyridine rings is 1. The van der Waals surface area contributed by atoms with Gasteiger partial charge in [0.2, 0.25) is 0 Å². The zero-order valence-electron chi connectivity index (χ0n) is 10.7. The molecule has 2 rings (SSSR count). The number of benzene rings is 1. The van der Waals surface area contributed by atoms with Crippen molar-refractivity contribution in [1.82, 2.24) is 4.57 Å². The molecule has 0 atom stereocenters. The van der Waals surface area contributed by atoms with Gasteiger partial charge >= 0.3 is 0 Å². The minimum absolute atomic E-state index is 0.0627. The predicted molar refractivity (Wildman–Crippen MR) is 71.8 cm³/mol. The van der Waals surface area contributed by atoms with Gasteiger partial charge in [0.1, 0.15) is 6.07 Å². The summed E-state index contributed by atoms with van der Waals surface area (Å²) in [5.41, 5.74) is 1.11. The summed E-state index contributed by atoms with van der Waals surface area (Å²) in [5.74, 6) is -0.337. The number of hydrogen-bond donors (Lipinski definition) is 0. The number of ketones is 1. The quantitative estimate of drug-likeness (QED) is 0.769. The number of nitriles is 1. The molecule has 0 bridgehead atoms. The second-order valence-corrected chi connectivity index (χ2v) is 4.24. The normalized spacial score (nSPS) is 9.95. The van der Waals surface area contributed by atoms with Gasteiger partial charge in [0.05, 0.1) is 11.1 Å². The molecular weight excluding hydrogens is 240 g/mol. The van der Waals surface area contributed by atoms with Crippen molar-refractivity contribution in [3.63, 3.8) is 0 Å². The van der Waals surface area contributed by atoms with Gasteiger partial charge in [0.25, 0.3) is 5.56 Å². The Morgan fingerprint density at radius 3 is 2.42 bits per heavy atom. The first-order valence-electron chi connectivity index (χ1n) is 5.76. The third kappa shape index (κ3) is 2.18. The summed E-state index contributed by atoms with van der Waals surface area (Å²) in [6.07, 6.45) is 1.46. The standard InChI is InChI=1S/C15H12N2O2/c1-10(18)13-14(11-6-4-3-5-7-11)12(8-16)9-17(2)15(13)19/h3-7,9H,1-2H3. The lowest BCUT2D eigenvalue weighted by atomic mass is 9.95. The van der Waals surface area contributed by atoms with E-state index in [0.29, 0.717) is 16.7 Å². The van der Waals surface area contributed by atoms with E-state index in [2.05, 4.69) is 0 Å². The van der Waals surface area contributed by atoms with E-state index < -0.39 is 0 Å². The van der Waals surface area contributed by atoms with Crippen molar-refractivity contribution < 1.29 is 4.79 Å². The highest BCUT2D eigenvalue weighted by atomic mass is 16.1. The van der Waals surface area contributed by atoms with Gasteiger partial charge in [-0.15, -0.1) is 0 Å². The summed E-state index contributed by atoms with van der Waals surface area (Å²) in [6.45, 7) is 1.34. The zero-order valence-corrected chi connectivity index (χ0v) is 10.7. The molecule has 0 unspecified atom stereocenters. The summed E-state index contributed by atoms with van der Waals surface area (Å²) in [7, 11) is 1.53. The maximum atomic E-state index is 12.1. The molecule has 2 aromatic rings. The first-order chi connectivity index (χ1) is 9.06. The summed E-state index contributed by atoms with van der Waals surface area (Å²) < 4.78 is 1.27. The SMILES string of the molecule is CC(=O)c1c(-c2ccccc2)c(C#N)cn(C)c1=O. The van der Waals surface area contributed by atoms with Crippen molar-refractivity contribution in [3.05, 3.63) is 58.0 Å². The van der Waals surface area contributed by atoms with Crippen LogP contribution in [0.5, 0.6) is 0 Å². The number of aryl methyl sites for hydroxylation is 1. The van der Waals surface area contributed by atoms with Crippen LogP contribution in [-0.2, 0) is 7.05 Å². The Bertz CT molecular complexity index is 737. The van der Waals surface area contributed by atoms with Crippen molar-refractivity contribution in [2.75, 3.05) is 0 Å². The highest BCUT2D eigenvalue weighted by Crippen LogP contribution is 2.25. The largest absolute Gasteiger partial charge is 0.317 e. The van der Waals surface area contributed by atoms with Crippen LogP contribution in [0.3, 0.4) is 0 Å². The number of carbonyl (C=O) groups is 1. The lowest BCUT2D eigenvalue weighted by Gasteiger charge is -2.11. The molecular formula is C15H12N2O2. The van der Waals surface area contributed by atoms with E-state index in [0.717, 1.165) is 0 Å². The van der Waals surface area contributed by atoms with E-state index in [9.17, 15) is 14.9 Å². The fraction of sp³-hybridized carbons (Fsp3) is 0.133. The molecule has 19 heavy (non-hydrogen) atoms. The van der Waals surface area contributed by atoms with Gasteiger partial charge in [-0.2, -0.15) is 5.26 Å². The van der Waals surface area contributed by atoms with Crippen LogP contribution in [0.1, 0.15) is 22.8 Å². The van der Waals surface area contributed by atoms with Crippen molar-refractivity contribution in [3.8, 4) is 17.2 Å². The van der Waals surface area contributed by atoms with Crippen LogP contribution in [0.15, 0.2) is 41.3 Å². The van der Waals surface area contributed by atoms with Gasteiger partial charge in [-0.3, -0.25) is 9.59 Å². The molecule has 4 nitrogen and oxygen atoms in total. The monoisotopic (exact) mass is 252 g/mol. The van der Waals surface area contributed by atoms with E-state index in [1.807, 2.05) is 12.1 Å². The van der Waals surface area contributed by atoms with Crippen LogP contribution in [0.4, 0.5) is 0 Å². The topological polar surface area (TPSA) is 62.9 Å². The molecule has 0 aliphatic rings. The van der Waals surface area contributed by atoms with Gasteiger partial charge in [-0.25, -0.2) is 0 Å². The van der Waals surface area contributed by atoms with Gasteiger partial charge in [-0.1, -0.05) is 30.3 Å². The van der Waals surface area contributed by atoms with Crippen LogP contribution in [0.25, 0.3) is 11.1 Å². The fourth-order valence-corrected chi connectivity index (χ4v) is 2.05. The van der Waals surface area contributed by atoms with Gasteiger partial charge in [-0.05, 0) is 12.5 Å². The number of Topliss-reactive ketones (excluding diaryl/α,β-unsaturated/α-hetero) is 1. The fourth-order valence-electron chi connectivity index (χ4n) is 2.05. The summed E-state index contributed by atoms with van der Waals surface area (Å²) >= 11 is 0. The van der Waals surface area contributed by atoms with Gasteiger partial charge in [0.15, 0.2) is 5.78 Å². The average Bonchev–Trinajstić information content (AvgIpc) is 2.41. The van der Waals surface area contributed by atoms with Crippen molar-refractivity contribution >= 4 is 5.78 Å². The molecule has 0 aliphatic carbocycles. The van der Waals surface area contributed by atoms with E-state index in [1.165, 1.54) is 24.7 Å². The smallest absolute Gasteiger partial charge is 0.261 e. The molecule has 0 amide bonds. The lowest BCUT2D eigenvalue weighted by molar-refractivity contribution is 0.101. The lowest BCUT2D eigenvalue weighted by Crippen LogP contribution is -2.25. The minimum Gasteiger partial charge on any atom is -0.317 e. The molecule has 1 heterocycles. The van der Waals surface area contributed by atoms with Crippen LogP contribution in [0.2, 0.25) is 0 Å². The number of rotatable bonds is 2. The average molecular weight is 252 g/mol. The van der Waals surface area contributed by atoms with Crippen LogP contribution < -0.4 is 5.56 Å². The molecule has 0 spiro atoms. The molecule has 0 saturated carbocycles. The molecule has 0 saturated heterocycles. The van der Waals surface area contributed by atoms with E-state index >= 15 is 0 Å². The molecule has 0 fully saturated rings. The van der Waals surface area contributed by atoms with Crippen LogP contribution in [0, 0.1) is 11.3 Å². The Labute approximate surface area is 110 Å². The zero-order chi connectivity index (χ0) is 14.0. The molecule has 1 aromatic heterocycles. The Hall–Kier alpha value is -2.67. The van der Waals surface area contributed by atoms with Gasteiger partial charge in [0, 0.05) is 18.8 Å².